The van der Waals surface area contributed by atoms with E-state index in [1.807, 2.05) is 62.4 Å². The van der Waals surface area contributed by atoms with Gasteiger partial charge in [-0.2, -0.15) is 0 Å². The third-order valence-electron chi connectivity index (χ3n) is 8.76. The summed E-state index contributed by atoms with van der Waals surface area (Å²) in [7, 11) is 4.88. The van der Waals surface area contributed by atoms with Crippen molar-refractivity contribution < 1.29 is 18.7 Å². The number of rotatable bonds is 9. The fourth-order valence-corrected chi connectivity index (χ4v) is 5.93. The number of methoxy groups -OCH3 is 1. The molecule has 1 unspecified atom stereocenters. The van der Waals surface area contributed by atoms with Gasteiger partial charge in [-0.15, -0.1) is 0 Å². The Bertz CT molecular complexity index is 1710. The van der Waals surface area contributed by atoms with Gasteiger partial charge in [0.25, 0.3) is 11.5 Å². The number of carbonyl (C=O) groups excluding carboxylic acids is 2. The van der Waals surface area contributed by atoms with Gasteiger partial charge in [0.15, 0.2) is 0 Å². The van der Waals surface area contributed by atoms with Gasteiger partial charge in [-0.25, -0.2) is 9.37 Å². The Morgan fingerprint density at radius 3 is 2.64 bits per heavy atom. The standard InChI is InChI=1S/C34H38FN5O4/c1-34(2)27(10-7-11-30(34)38-32(42)26-19-37-20-39(3)33(26)43)22-9-6-8-21(14-22)23-15-28(35)25(29(16-23)44-5)18-36-17-24-12-13-31(41)40(24)4/h6-11,14-16,19-20,24,30,36H,12-13,17-18H2,1-5H3,(H,38,42)/t24?,30-/m0/s1. The Kier molecular flexibility index (Phi) is 8.82. The molecule has 2 aromatic carbocycles. The number of likely N-dealkylation sites (tertiary alicyclic amines) is 1. The first-order valence-electron chi connectivity index (χ1n) is 14.6. The zero-order valence-corrected chi connectivity index (χ0v) is 25.7. The minimum absolute atomic E-state index is 0.0205. The number of nitrogens with zero attached hydrogens (tertiary/aromatic N) is 3. The number of amides is 2. The Morgan fingerprint density at radius 1 is 1.14 bits per heavy atom. The number of ether oxygens (including phenoxy) is 1. The first-order chi connectivity index (χ1) is 21.0. The number of allylic oxidation sites excluding steroid dienone is 2. The quantitative estimate of drug-likeness (QED) is 0.384. The van der Waals surface area contributed by atoms with Gasteiger partial charge in [-0.3, -0.25) is 14.4 Å². The molecule has 1 aromatic heterocycles. The lowest BCUT2D eigenvalue weighted by atomic mass is 9.71. The fourth-order valence-electron chi connectivity index (χ4n) is 5.93. The summed E-state index contributed by atoms with van der Waals surface area (Å²) in [5, 5.41) is 6.28. The molecular formula is C34H38FN5O4. The Morgan fingerprint density at radius 2 is 1.91 bits per heavy atom. The highest BCUT2D eigenvalue weighted by Gasteiger charge is 2.36. The maximum atomic E-state index is 15.5. The molecule has 2 amide bonds. The number of hydrogen-bond acceptors (Lipinski definition) is 6. The van der Waals surface area contributed by atoms with Crippen LogP contribution in [0.25, 0.3) is 16.7 Å². The largest absolute Gasteiger partial charge is 0.496 e. The number of benzene rings is 2. The number of aromatic nitrogens is 2. The summed E-state index contributed by atoms with van der Waals surface area (Å²) in [5.41, 5.74) is 2.86. The van der Waals surface area contributed by atoms with Gasteiger partial charge >= 0.3 is 0 Å². The second kappa shape index (κ2) is 12.6. The number of carbonyl (C=O) groups is 2. The fraction of sp³-hybridized carbons (Fsp3) is 0.353. The highest BCUT2D eigenvalue weighted by Crippen LogP contribution is 2.42. The van der Waals surface area contributed by atoms with E-state index >= 15 is 4.39 Å². The molecule has 1 saturated heterocycles. The van der Waals surface area contributed by atoms with E-state index in [0.717, 1.165) is 23.1 Å². The smallest absolute Gasteiger partial charge is 0.265 e. The minimum atomic E-state index is -0.535. The van der Waals surface area contributed by atoms with Crippen molar-refractivity contribution in [1.29, 1.82) is 0 Å². The summed E-state index contributed by atoms with van der Waals surface area (Å²) >= 11 is 0. The maximum Gasteiger partial charge on any atom is 0.265 e. The number of nitrogens with one attached hydrogen (secondary N) is 2. The predicted octanol–water partition coefficient (Wildman–Crippen LogP) is 4.08. The lowest BCUT2D eigenvalue weighted by Crippen LogP contribution is -2.46. The van der Waals surface area contributed by atoms with Crippen molar-refractivity contribution in [2.75, 3.05) is 20.7 Å². The van der Waals surface area contributed by atoms with Crippen LogP contribution >= 0.6 is 0 Å². The maximum absolute atomic E-state index is 15.5. The molecule has 2 aliphatic rings. The molecule has 1 aliphatic heterocycles. The molecule has 0 spiro atoms. The third-order valence-corrected chi connectivity index (χ3v) is 8.76. The number of aryl methyl sites for hydroxylation is 1. The zero-order chi connectivity index (χ0) is 31.6. The van der Waals surface area contributed by atoms with Crippen LogP contribution in [0.1, 0.15) is 48.2 Å². The van der Waals surface area contributed by atoms with E-state index in [4.69, 9.17) is 4.74 Å². The summed E-state index contributed by atoms with van der Waals surface area (Å²) in [4.78, 5) is 43.1. The summed E-state index contributed by atoms with van der Waals surface area (Å²) in [5.74, 6) is -0.291. The van der Waals surface area contributed by atoms with Crippen LogP contribution in [0, 0.1) is 11.2 Å². The molecule has 1 aliphatic carbocycles. The van der Waals surface area contributed by atoms with Gasteiger partial charge in [0.1, 0.15) is 17.1 Å². The van der Waals surface area contributed by atoms with Crippen molar-refractivity contribution in [3.8, 4) is 16.9 Å². The van der Waals surface area contributed by atoms with Crippen molar-refractivity contribution in [3.05, 3.63) is 100 Å². The first-order valence-corrected chi connectivity index (χ1v) is 14.6. The van der Waals surface area contributed by atoms with E-state index in [1.165, 1.54) is 30.3 Å². The summed E-state index contributed by atoms with van der Waals surface area (Å²) in [6.45, 7) is 4.92. The third kappa shape index (κ3) is 6.07. The second-order valence-electron chi connectivity index (χ2n) is 11.9. The highest BCUT2D eigenvalue weighted by molar-refractivity contribution is 5.94. The molecule has 0 saturated carbocycles. The van der Waals surface area contributed by atoms with Gasteiger partial charge in [0, 0.05) is 56.8 Å². The van der Waals surface area contributed by atoms with Crippen molar-refractivity contribution in [3.63, 3.8) is 0 Å². The van der Waals surface area contributed by atoms with E-state index in [1.54, 1.807) is 19.0 Å². The molecule has 9 nitrogen and oxygen atoms in total. The summed E-state index contributed by atoms with van der Waals surface area (Å²) in [6, 6.07) is 10.9. The molecule has 0 radical (unpaired) electrons. The van der Waals surface area contributed by atoms with Crippen molar-refractivity contribution >= 4 is 17.4 Å². The van der Waals surface area contributed by atoms with Crippen molar-refractivity contribution in [1.82, 2.24) is 25.1 Å². The monoisotopic (exact) mass is 599 g/mol. The first kappa shape index (κ1) is 30.9. The Labute approximate surface area is 256 Å². The Hall–Kier alpha value is -4.57. The predicted molar refractivity (Wildman–Crippen MR) is 168 cm³/mol. The molecule has 1 fully saturated rings. The van der Waals surface area contributed by atoms with E-state index < -0.39 is 22.9 Å². The zero-order valence-electron chi connectivity index (χ0n) is 25.7. The van der Waals surface area contributed by atoms with Gasteiger partial charge in [-0.1, -0.05) is 50.3 Å². The van der Waals surface area contributed by atoms with Gasteiger partial charge in [-0.05, 0) is 46.9 Å². The van der Waals surface area contributed by atoms with Gasteiger partial charge in [0.05, 0.1) is 19.5 Å². The molecule has 5 rings (SSSR count). The second-order valence-corrected chi connectivity index (χ2v) is 11.9. The topological polar surface area (TPSA) is 106 Å². The van der Waals surface area contributed by atoms with Gasteiger partial charge < -0.3 is 24.8 Å². The number of halogens is 1. The van der Waals surface area contributed by atoms with Crippen LogP contribution in [-0.4, -0.2) is 59.1 Å². The lowest BCUT2D eigenvalue weighted by molar-refractivity contribution is -0.127. The van der Waals surface area contributed by atoms with Crippen LogP contribution in [0.4, 0.5) is 4.39 Å². The van der Waals surface area contributed by atoms with Crippen LogP contribution in [0.15, 0.2) is 71.9 Å². The number of hydrogen-bond donors (Lipinski definition) is 2. The van der Waals surface area contributed by atoms with E-state index in [2.05, 4.69) is 15.6 Å². The lowest BCUT2D eigenvalue weighted by Gasteiger charge is -2.38. The Balaban J connectivity index is 1.35. The average molecular weight is 600 g/mol. The van der Waals surface area contributed by atoms with Crippen molar-refractivity contribution in [2.45, 2.75) is 45.3 Å². The van der Waals surface area contributed by atoms with Crippen LogP contribution in [0.2, 0.25) is 0 Å². The summed E-state index contributed by atoms with van der Waals surface area (Å²) in [6.07, 6.45) is 9.78. The molecule has 2 heterocycles. The summed E-state index contributed by atoms with van der Waals surface area (Å²) < 4.78 is 22.4. The molecule has 230 valence electrons. The van der Waals surface area contributed by atoms with E-state index in [-0.39, 0.29) is 29.9 Å². The molecular weight excluding hydrogens is 561 g/mol. The highest BCUT2D eigenvalue weighted by atomic mass is 19.1. The molecule has 2 atom stereocenters. The van der Waals surface area contributed by atoms with E-state index in [0.29, 0.717) is 29.8 Å². The number of likely N-dealkylation sites (N-methyl/N-ethyl adjacent to an activating group) is 1. The molecule has 3 aromatic rings. The minimum Gasteiger partial charge on any atom is -0.496 e. The molecule has 2 N–H and O–H groups in total. The molecule has 10 heteroatoms. The molecule has 0 bridgehead atoms. The van der Waals surface area contributed by atoms with Crippen LogP contribution in [0.5, 0.6) is 5.75 Å². The molecule has 44 heavy (non-hydrogen) atoms. The van der Waals surface area contributed by atoms with Crippen molar-refractivity contribution in [2.24, 2.45) is 12.5 Å². The average Bonchev–Trinajstić information content (AvgIpc) is 3.32. The van der Waals surface area contributed by atoms with Crippen LogP contribution in [0.3, 0.4) is 0 Å². The van der Waals surface area contributed by atoms with Gasteiger partial charge in [0.2, 0.25) is 5.91 Å². The SMILES string of the molecule is COc1cc(-c2cccc(C3=CC=C[C@H](NC(=O)c4cncn(C)c4=O)C3(C)C)c2)cc(F)c1CNCC1CCC(=O)N1C. The normalized spacial score (nSPS) is 19.2. The van der Waals surface area contributed by atoms with Crippen LogP contribution < -0.4 is 20.9 Å². The van der Waals surface area contributed by atoms with Crippen LogP contribution in [-0.2, 0) is 18.4 Å². The van der Waals surface area contributed by atoms with E-state index in [9.17, 15) is 14.4 Å².